The Morgan fingerprint density at radius 2 is 2.12 bits per heavy atom. The first-order valence-electron chi connectivity index (χ1n) is 6.31. The number of hydrogen-bond donors (Lipinski definition) is 1. The van der Waals surface area contributed by atoms with Crippen LogP contribution in [0.4, 0.5) is 0 Å². The van der Waals surface area contributed by atoms with Crippen molar-refractivity contribution >= 4 is 11.1 Å². The van der Waals surface area contributed by atoms with Crippen LogP contribution in [0.2, 0.25) is 0 Å². The topological polar surface area (TPSA) is 52.0 Å². The van der Waals surface area contributed by atoms with Crippen LogP contribution in [0.15, 0.2) is 22.6 Å². The van der Waals surface area contributed by atoms with Crippen LogP contribution in [0.5, 0.6) is 0 Å². The van der Waals surface area contributed by atoms with Crippen LogP contribution in [-0.4, -0.2) is 11.5 Å². The van der Waals surface area contributed by atoms with E-state index in [-0.39, 0.29) is 5.41 Å². The third kappa shape index (κ3) is 1.65. The molecule has 2 N–H and O–H groups in total. The monoisotopic (exact) mass is 230 g/mol. The van der Waals surface area contributed by atoms with Gasteiger partial charge in [-0.2, -0.15) is 0 Å². The molecule has 0 atom stereocenters. The summed E-state index contributed by atoms with van der Waals surface area (Å²) in [6, 6.07) is 6.34. The van der Waals surface area contributed by atoms with Gasteiger partial charge in [-0.15, -0.1) is 0 Å². The van der Waals surface area contributed by atoms with Crippen molar-refractivity contribution in [1.29, 1.82) is 0 Å². The number of aromatic nitrogens is 1. The van der Waals surface area contributed by atoms with Gasteiger partial charge < -0.3 is 10.2 Å². The van der Waals surface area contributed by atoms with Gasteiger partial charge in [-0.05, 0) is 30.5 Å². The summed E-state index contributed by atoms with van der Waals surface area (Å²) in [7, 11) is 0. The minimum Gasteiger partial charge on any atom is -0.441 e. The molecule has 0 unspecified atom stereocenters. The number of aryl methyl sites for hydroxylation is 1. The molecule has 1 heterocycles. The molecule has 1 aromatic carbocycles. The summed E-state index contributed by atoms with van der Waals surface area (Å²) < 4.78 is 5.51. The molecule has 0 saturated heterocycles. The van der Waals surface area contributed by atoms with Crippen LogP contribution in [0.25, 0.3) is 11.1 Å². The number of hydrogen-bond acceptors (Lipinski definition) is 3. The molecule has 1 aromatic heterocycles. The Morgan fingerprint density at radius 3 is 2.82 bits per heavy atom. The van der Waals surface area contributed by atoms with Gasteiger partial charge >= 0.3 is 0 Å². The number of nitrogens with zero attached hydrogens (tertiary/aromatic N) is 1. The van der Waals surface area contributed by atoms with Crippen molar-refractivity contribution in [2.75, 3.05) is 6.54 Å². The van der Waals surface area contributed by atoms with Crippen LogP contribution < -0.4 is 5.73 Å². The molecule has 3 nitrogen and oxygen atoms in total. The molecule has 1 saturated carbocycles. The van der Waals surface area contributed by atoms with E-state index in [1.165, 1.54) is 31.2 Å². The van der Waals surface area contributed by atoms with Gasteiger partial charge in [0.1, 0.15) is 5.52 Å². The fourth-order valence-electron chi connectivity index (χ4n) is 3.03. The predicted molar refractivity (Wildman–Crippen MR) is 67.9 cm³/mol. The van der Waals surface area contributed by atoms with Gasteiger partial charge in [0.15, 0.2) is 11.5 Å². The summed E-state index contributed by atoms with van der Waals surface area (Å²) >= 11 is 0. The van der Waals surface area contributed by atoms with Gasteiger partial charge in [-0.3, -0.25) is 0 Å². The van der Waals surface area contributed by atoms with E-state index >= 15 is 0 Å². The minimum absolute atomic E-state index is 0.182. The predicted octanol–water partition coefficient (Wildman–Crippen LogP) is 2.91. The molecule has 1 fully saturated rings. The summed E-state index contributed by atoms with van der Waals surface area (Å²) in [5.41, 5.74) is 9.35. The SMILES string of the molecule is Cc1nc2cc(C3(CN)CCCC3)ccc2o1. The van der Waals surface area contributed by atoms with Crippen LogP contribution in [0, 0.1) is 6.92 Å². The normalized spacial score (nSPS) is 18.9. The number of rotatable bonds is 2. The second-order valence-electron chi connectivity index (χ2n) is 5.11. The molecule has 0 spiro atoms. The van der Waals surface area contributed by atoms with E-state index in [0.717, 1.165) is 23.5 Å². The Balaban J connectivity index is 2.10. The third-order valence-corrected chi connectivity index (χ3v) is 4.06. The Labute approximate surface area is 101 Å². The van der Waals surface area contributed by atoms with E-state index < -0.39 is 0 Å². The largest absolute Gasteiger partial charge is 0.441 e. The minimum atomic E-state index is 0.182. The number of nitrogens with two attached hydrogens (primary N) is 1. The van der Waals surface area contributed by atoms with E-state index in [1.54, 1.807) is 0 Å². The van der Waals surface area contributed by atoms with E-state index in [4.69, 9.17) is 10.2 Å². The molecule has 17 heavy (non-hydrogen) atoms. The molecule has 1 aliphatic carbocycles. The molecular formula is C14H18N2O. The fraction of sp³-hybridized carbons (Fsp3) is 0.500. The number of fused-ring (bicyclic) bond motifs is 1. The fourth-order valence-corrected chi connectivity index (χ4v) is 3.03. The summed E-state index contributed by atoms with van der Waals surface area (Å²) in [6.07, 6.45) is 4.97. The van der Waals surface area contributed by atoms with Gasteiger partial charge in [-0.1, -0.05) is 18.9 Å². The third-order valence-electron chi connectivity index (χ3n) is 4.06. The lowest BCUT2D eigenvalue weighted by Crippen LogP contribution is -2.31. The van der Waals surface area contributed by atoms with Crippen LogP contribution in [0.3, 0.4) is 0 Å². The molecule has 3 heteroatoms. The van der Waals surface area contributed by atoms with Crippen molar-refractivity contribution in [1.82, 2.24) is 4.98 Å². The first kappa shape index (κ1) is 10.8. The first-order valence-corrected chi connectivity index (χ1v) is 6.31. The second-order valence-corrected chi connectivity index (χ2v) is 5.11. The van der Waals surface area contributed by atoms with Gasteiger partial charge in [0.25, 0.3) is 0 Å². The second kappa shape index (κ2) is 3.84. The van der Waals surface area contributed by atoms with Gasteiger partial charge in [0.2, 0.25) is 0 Å². The zero-order valence-electron chi connectivity index (χ0n) is 10.2. The zero-order valence-corrected chi connectivity index (χ0v) is 10.2. The molecule has 0 radical (unpaired) electrons. The molecule has 0 amide bonds. The maximum Gasteiger partial charge on any atom is 0.192 e. The Morgan fingerprint density at radius 1 is 1.35 bits per heavy atom. The maximum absolute atomic E-state index is 6.01. The van der Waals surface area contributed by atoms with E-state index in [2.05, 4.69) is 17.1 Å². The Kier molecular flexibility index (Phi) is 2.44. The highest BCUT2D eigenvalue weighted by Gasteiger charge is 2.34. The highest BCUT2D eigenvalue weighted by atomic mass is 16.3. The lowest BCUT2D eigenvalue weighted by atomic mass is 9.79. The van der Waals surface area contributed by atoms with Crippen molar-refractivity contribution in [2.45, 2.75) is 38.0 Å². The standard InChI is InChI=1S/C14H18N2O/c1-10-16-12-8-11(4-5-13(12)17-10)14(9-15)6-2-3-7-14/h4-5,8H,2-3,6-7,9,15H2,1H3. The number of oxazole rings is 1. The molecule has 0 bridgehead atoms. The van der Waals surface area contributed by atoms with E-state index in [0.29, 0.717) is 0 Å². The maximum atomic E-state index is 6.01. The summed E-state index contributed by atoms with van der Waals surface area (Å²) in [6.45, 7) is 2.61. The molecule has 0 aliphatic heterocycles. The summed E-state index contributed by atoms with van der Waals surface area (Å²) in [5.74, 6) is 0.727. The van der Waals surface area contributed by atoms with Crippen LogP contribution in [0.1, 0.15) is 37.1 Å². The van der Waals surface area contributed by atoms with Crippen LogP contribution >= 0.6 is 0 Å². The highest BCUT2D eigenvalue weighted by Crippen LogP contribution is 2.40. The van der Waals surface area contributed by atoms with Crippen LogP contribution in [-0.2, 0) is 5.41 Å². The van der Waals surface area contributed by atoms with Crippen molar-refractivity contribution in [3.8, 4) is 0 Å². The lowest BCUT2D eigenvalue weighted by molar-refractivity contribution is 0.453. The molecule has 90 valence electrons. The van der Waals surface area contributed by atoms with E-state index in [9.17, 15) is 0 Å². The van der Waals surface area contributed by atoms with Crippen molar-refractivity contribution in [3.05, 3.63) is 29.7 Å². The number of benzene rings is 1. The molecule has 3 rings (SSSR count). The Hall–Kier alpha value is -1.35. The first-order chi connectivity index (χ1) is 8.23. The smallest absolute Gasteiger partial charge is 0.192 e. The molecule has 2 aromatic rings. The van der Waals surface area contributed by atoms with E-state index in [1.807, 2.05) is 13.0 Å². The van der Waals surface area contributed by atoms with Gasteiger partial charge in [0, 0.05) is 18.9 Å². The highest BCUT2D eigenvalue weighted by molar-refractivity contribution is 5.73. The molecular weight excluding hydrogens is 212 g/mol. The van der Waals surface area contributed by atoms with Crippen molar-refractivity contribution < 1.29 is 4.42 Å². The lowest BCUT2D eigenvalue weighted by Gasteiger charge is -2.27. The zero-order chi connectivity index (χ0) is 11.9. The Bertz CT molecular complexity index is 538. The van der Waals surface area contributed by atoms with Crippen molar-refractivity contribution in [2.24, 2.45) is 5.73 Å². The van der Waals surface area contributed by atoms with Gasteiger partial charge in [0.05, 0.1) is 0 Å². The van der Waals surface area contributed by atoms with Gasteiger partial charge in [-0.25, -0.2) is 4.98 Å². The average Bonchev–Trinajstić information content (AvgIpc) is 2.93. The average molecular weight is 230 g/mol. The van der Waals surface area contributed by atoms with Crippen molar-refractivity contribution in [3.63, 3.8) is 0 Å². The quantitative estimate of drug-likeness (QED) is 0.863. The molecule has 1 aliphatic rings. The summed E-state index contributed by atoms with van der Waals surface area (Å²) in [4.78, 5) is 4.40. The summed E-state index contributed by atoms with van der Waals surface area (Å²) in [5, 5.41) is 0.